The lowest BCUT2D eigenvalue weighted by Crippen LogP contribution is -1.84. The van der Waals surface area contributed by atoms with Crippen molar-refractivity contribution < 1.29 is 9.52 Å². The fourth-order valence-electron chi connectivity index (χ4n) is 2.80. The molecule has 2 heterocycles. The highest BCUT2D eigenvalue weighted by Crippen LogP contribution is 2.35. The second-order valence-corrected chi connectivity index (χ2v) is 5.69. The van der Waals surface area contributed by atoms with Gasteiger partial charge in [-0.25, -0.2) is 0 Å². The van der Waals surface area contributed by atoms with Crippen LogP contribution < -0.4 is 0 Å². The molecule has 4 aromatic rings. The smallest absolute Gasteiger partial charge is 0.134 e. The van der Waals surface area contributed by atoms with E-state index < -0.39 is 0 Å². The Morgan fingerprint density at radius 2 is 1.62 bits per heavy atom. The number of aromatic nitrogens is 2. The summed E-state index contributed by atoms with van der Waals surface area (Å²) in [4.78, 5) is 0. The third-order valence-corrected chi connectivity index (χ3v) is 4.01. The van der Waals surface area contributed by atoms with Crippen LogP contribution >= 0.6 is 0 Å². The first kappa shape index (κ1) is 14.3. The van der Waals surface area contributed by atoms with E-state index >= 15 is 0 Å². The molecule has 118 valence electrons. The molecule has 0 aliphatic carbocycles. The normalized spacial score (nSPS) is 10.9. The van der Waals surface area contributed by atoms with Gasteiger partial charge < -0.3 is 9.52 Å². The maximum absolute atomic E-state index is 9.41. The van der Waals surface area contributed by atoms with Gasteiger partial charge in [0.2, 0.25) is 0 Å². The molecule has 24 heavy (non-hydrogen) atoms. The van der Waals surface area contributed by atoms with Crippen LogP contribution in [0.25, 0.3) is 33.6 Å². The van der Waals surface area contributed by atoms with E-state index in [-0.39, 0.29) is 5.75 Å². The summed E-state index contributed by atoms with van der Waals surface area (Å²) in [6.07, 6.45) is 5.62. The summed E-state index contributed by atoms with van der Waals surface area (Å²) in [5, 5.41) is 13.7. The minimum absolute atomic E-state index is 0.243. The summed E-state index contributed by atoms with van der Waals surface area (Å²) in [6, 6.07) is 17.2. The summed E-state index contributed by atoms with van der Waals surface area (Å²) in [5.74, 6) is 1.01. The predicted octanol–water partition coefficient (Wildman–Crippen LogP) is 4.72. The van der Waals surface area contributed by atoms with Crippen LogP contribution in [0.15, 0.2) is 77.7 Å². The second-order valence-electron chi connectivity index (χ2n) is 5.69. The largest absolute Gasteiger partial charge is 0.508 e. The monoisotopic (exact) mass is 316 g/mol. The molecule has 4 rings (SSSR count). The van der Waals surface area contributed by atoms with Gasteiger partial charge in [-0.15, -0.1) is 0 Å². The second kappa shape index (κ2) is 5.74. The van der Waals surface area contributed by atoms with Crippen molar-refractivity contribution in [1.82, 2.24) is 9.78 Å². The first-order valence-electron chi connectivity index (χ1n) is 7.67. The van der Waals surface area contributed by atoms with E-state index in [2.05, 4.69) is 17.2 Å². The van der Waals surface area contributed by atoms with E-state index in [1.807, 2.05) is 49.8 Å². The van der Waals surface area contributed by atoms with Crippen LogP contribution in [0.4, 0.5) is 0 Å². The maximum Gasteiger partial charge on any atom is 0.134 e. The van der Waals surface area contributed by atoms with Crippen molar-refractivity contribution in [2.45, 2.75) is 0 Å². The van der Waals surface area contributed by atoms with E-state index in [4.69, 9.17) is 4.42 Å². The SMILES string of the molecule is Cn1cc(-c2ccccc2-c2coc(-c3ccc(O)cc3)c2)cn1. The number of hydrogen-bond acceptors (Lipinski definition) is 3. The Morgan fingerprint density at radius 1 is 0.917 bits per heavy atom. The third-order valence-electron chi connectivity index (χ3n) is 4.01. The maximum atomic E-state index is 9.41. The Bertz CT molecular complexity index is 981. The Kier molecular flexibility index (Phi) is 3.43. The fourth-order valence-corrected chi connectivity index (χ4v) is 2.80. The lowest BCUT2D eigenvalue weighted by Gasteiger charge is -2.05. The highest BCUT2D eigenvalue weighted by Gasteiger charge is 2.12. The number of hydrogen-bond donors (Lipinski definition) is 1. The highest BCUT2D eigenvalue weighted by atomic mass is 16.3. The lowest BCUT2D eigenvalue weighted by molar-refractivity contribution is 0.475. The average molecular weight is 316 g/mol. The van der Waals surface area contributed by atoms with Gasteiger partial charge in [0.05, 0.1) is 12.5 Å². The van der Waals surface area contributed by atoms with Crippen molar-refractivity contribution in [2.24, 2.45) is 7.05 Å². The van der Waals surface area contributed by atoms with E-state index in [1.54, 1.807) is 23.1 Å². The number of aromatic hydroxyl groups is 1. The minimum Gasteiger partial charge on any atom is -0.508 e. The van der Waals surface area contributed by atoms with E-state index in [1.165, 1.54) is 0 Å². The highest BCUT2D eigenvalue weighted by molar-refractivity contribution is 5.84. The van der Waals surface area contributed by atoms with Crippen LogP contribution in [0.3, 0.4) is 0 Å². The molecule has 4 nitrogen and oxygen atoms in total. The van der Waals surface area contributed by atoms with Crippen LogP contribution in [0, 0.1) is 0 Å². The van der Waals surface area contributed by atoms with Crippen LogP contribution in [0.1, 0.15) is 0 Å². The number of furan rings is 1. The van der Waals surface area contributed by atoms with Gasteiger partial charge in [-0.3, -0.25) is 4.68 Å². The van der Waals surface area contributed by atoms with Gasteiger partial charge in [0, 0.05) is 29.9 Å². The molecule has 0 bridgehead atoms. The van der Waals surface area contributed by atoms with Crippen molar-refractivity contribution >= 4 is 0 Å². The number of benzene rings is 2. The summed E-state index contributed by atoms with van der Waals surface area (Å²) >= 11 is 0. The first-order chi connectivity index (χ1) is 11.7. The number of phenols is 1. The molecule has 0 spiro atoms. The Balaban J connectivity index is 1.77. The number of rotatable bonds is 3. The third kappa shape index (κ3) is 2.58. The summed E-state index contributed by atoms with van der Waals surface area (Å²) < 4.78 is 7.53. The number of aryl methyl sites for hydroxylation is 1. The number of phenolic OH excluding ortho intramolecular Hbond substituents is 1. The van der Waals surface area contributed by atoms with E-state index in [0.717, 1.165) is 33.6 Å². The van der Waals surface area contributed by atoms with Crippen LogP contribution in [-0.4, -0.2) is 14.9 Å². The van der Waals surface area contributed by atoms with Crippen LogP contribution in [-0.2, 0) is 7.05 Å². The zero-order valence-electron chi connectivity index (χ0n) is 13.2. The molecule has 0 aliphatic rings. The molecule has 4 heteroatoms. The Morgan fingerprint density at radius 3 is 2.29 bits per heavy atom. The zero-order chi connectivity index (χ0) is 16.5. The molecule has 1 N–H and O–H groups in total. The molecular weight excluding hydrogens is 300 g/mol. The lowest BCUT2D eigenvalue weighted by atomic mass is 9.98. The zero-order valence-corrected chi connectivity index (χ0v) is 13.2. The molecular formula is C20H16N2O2. The molecule has 0 saturated carbocycles. The Hall–Kier alpha value is -3.27. The predicted molar refractivity (Wildman–Crippen MR) is 93.4 cm³/mol. The molecule has 0 saturated heterocycles. The van der Waals surface area contributed by atoms with Gasteiger partial charge >= 0.3 is 0 Å². The molecule has 2 aromatic heterocycles. The van der Waals surface area contributed by atoms with Gasteiger partial charge in [0.25, 0.3) is 0 Å². The molecule has 2 aromatic carbocycles. The van der Waals surface area contributed by atoms with Crippen molar-refractivity contribution in [1.29, 1.82) is 0 Å². The molecule has 0 radical (unpaired) electrons. The summed E-state index contributed by atoms with van der Waals surface area (Å²) in [7, 11) is 1.91. The minimum atomic E-state index is 0.243. The van der Waals surface area contributed by atoms with Gasteiger partial charge in [-0.05, 0) is 41.5 Å². The topological polar surface area (TPSA) is 51.2 Å². The van der Waals surface area contributed by atoms with Gasteiger partial charge in [-0.1, -0.05) is 24.3 Å². The molecule has 0 unspecified atom stereocenters. The molecule has 0 atom stereocenters. The molecule has 0 aliphatic heterocycles. The quantitative estimate of drug-likeness (QED) is 0.595. The van der Waals surface area contributed by atoms with E-state index in [0.29, 0.717) is 0 Å². The fraction of sp³-hybridized carbons (Fsp3) is 0.0500. The van der Waals surface area contributed by atoms with E-state index in [9.17, 15) is 5.11 Å². The van der Waals surface area contributed by atoms with Crippen molar-refractivity contribution in [2.75, 3.05) is 0 Å². The van der Waals surface area contributed by atoms with Crippen LogP contribution in [0.2, 0.25) is 0 Å². The standard InChI is InChI=1S/C20H16N2O2/c1-22-12-16(11-21-22)19-5-3-2-4-18(19)15-10-20(24-13-15)14-6-8-17(23)9-7-14/h2-13,23H,1H3. The van der Waals surface area contributed by atoms with Gasteiger partial charge in [0.1, 0.15) is 11.5 Å². The summed E-state index contributed by atoms with van der Waals surface area (Å²) in [6.45, 7) is 0. The summed E-state index contributed by atoms with van der Waals surface area (Å²) in [5.41, 5.74) is 5.22. The van der Waals surface area contributed by atoms with Gasteiger partial charge in [-0.2, -0.15) is 5.10 Å². The Labute approximate surface area is 139 Å². The average Bonchev–Trinajstić information content (AvgIpc) is 3.25. The van der Waals surface area contributed by atoms with Gasteiger partial charge in [0.15, 0.2) is 0 Å². The number of nitrogens with zero attached hydrogens (tertiary/aromatic N) is 2. The molecule has 0 amide bonds. The van der Waals surface area contributed by atoms with Crippen molar-refractivity contribution in [3.05, 3.63) is 73.3 Å². The molecule has 0 fully saturated rings. The van der Waals surface area contributed by atoms with Crippen molar-refractivity contribution in [3.63, 3.8) is 0 Å². The van der Waals surface area contributed by atoms with Crippen LogP contribution in [0.5, 0.6) is 5.75 Å². The first-order valence-corrected chi connectivity index (χ1v) is 7.67. The van der Waals surface area contributed by atoms with Crippen molar-refractivity contribution in [3.8, 4) is 39.3 Å².